The van der Waals surface area contributed by atoms with Gasteiger partial charge in [0.05, 0.1) is 17.8 Å². The van der Waals surface area contributed by atoms with Crippen molar-refractivity contribution >= 4 is 28.0 Å². The molecule has 156 valence electrons. The summed E-state index contributed by atoms with van der Waals surface area (Å²) >= 11 is 0. The maximum absolute atomic E-state index is 13.8. The zero-order valence-corrected chi connectivity index (χ0v) is 16.7. The van der Waals surface area contributed by atoms with Crippen LogP contribution < -0.4 is 0 Å². The van der Waals surface area contributed by atoms with E-state index in [1.54, 1.807) is 25.5 Å². The Morgan fingerprint density at radius 2 is 2.03 bits per heavy atom. The minimum absolute atomic E-state index is 0.374. The van der Waals surface area contributed by atoms with Crippen molar-refractivity contribution in [3.05, 3.63) is 48.9 Å². The first-order valence-corrected chi connectivity index (χ1v) is 9.67. The van der Waals surface area contributed by atoms with E-state index in [1.165, 1.54) is 6.07 Å². The Kier molecular flexibility index (Phi) is 4.28. The third-order valence-corrected chi connectivity index (χ3v) is 5.65. The smallest absolute Gasteiger partial charge is 0.308 e. The molecule has 31 heavy (non-hydrogen) atoms. The van der Waals surface area contributed by atoms with Crippen molar-refractivity contribution in [3.63, 3.8) is 0 Å². The molecular formula is C21H18FN7O2. The molecular weight excluding hydrogens is 401 g/mol. The van der Waals surface area contributed by atoms with Crippen molar-refractivity contribution in [2.75, 3.05) is 0 Å². The van der Waals surface area contributed by atoms with E-state index in [0.29, 0.717) is 28.1 Å². The third-order valence-electron chi connectivity index (χ3n) is 5.65. The Morgan fingerprint density at radius 3 is 2.77 bits per heavy atom. The average molecular weight is 419 g/mol. The van der Waals surface area contributed by atoms with Gasteiger partial charge in [0.15, 0.2) is 5.82 Å². The highest BCUT2D eigenvalue weighted by Crippen LogP contribution is 2.34. The molecule has 0 fully saturated rings. The van der Waals surface area contributed by atoms with E-state index in [-0.39, 0.29) is 6.04 Å². The van der Waals surface area contributed by atoms with Gasteiger partial charge in [0.25, 0.3) is 0 Å². The Balaban J connectivity index is 1.74. The molecule has 9 nitrogen and oxygen atoms in total. The normalized spacial score (nSPS) is 13.6. The van der Waals surface area contributed by atoms with E-state index < -0.39 is 17.7 Å². The number of aromatic nitrogens is 7. The molecule has 0 saturated heterocycles. The van der Waals surface area contributed by atoms with Gasteiger partial charge >= 0.3 is 5.97 Å². The number of carboxylic acid groups (broad SMARTS) is 1. The lowest BCUT2D eigenvalue weighted by atomic mass is 10.0. The van der Waals surface area contributed by atoms with Gasteiger partial charge in [0, 0.05) is 52.7 Å². The topological polar surface area (TPSA) is 125 Å². The number of halogens is 1. The van der Waals surface area contributed by atoms with Crippen LogP contribution in [0.15, 0.2) is 43.1 Å². The number of rotatable bonds is 5. The number of nitrogens with one attached hydrogen (secondary N) is 2. The second kappa shape index (κ2) is 7.01. The van der Waals surface area contributed by atoms with E-state index in [0.717, 1.165) is 22.8 Å². The van der Waals surface area contributed by atoms with Crippen molar-refractivity contribution in [2.24, 2.45) is 5.92 Å². The van der Waals surface area contributed by atoms with Crippen LogP contribution in [0.25, 0.3) is 44.7 Å². The molecule has 3 N–H and O–H groups in total. The highest BCUT2D eigenvalue weighted by Gasteiger charge is 2.25. The van der Waals surface area contributed by atoms with Gasteiger partial charge in [-0.1, -0.05) is 0 Å². The summed E-state index contributed by atoms with van der Waals surface area (Å²) in [5.74, 6) is -1.61. The Hall–Kier alpha value is -4.08. The van der Waals surface area contributed by atoms with Gasteiger partial charge < -0.3 is 14.7 Å². The van der Waals surface area contributed by atoms with Gasteiger partial charge in [-0.15, -0.1) is 0 Å². The zero-order valence-electron chi connectivity index (χ0n) is 16.7. The highest BCUT2D eigenvalue weighted by molar-refractivity contribution is 5.96. The maximum atomic E-state index is 13.8. The maximum Gasteiger partial charge on any atom is 0.308 e. The summed E-state index contributed by atoms with van der Waals surface area (Å²) in [5, 5.41) is 17.8. The minimum Gasteiger partial charge on any atom is -0.481 e. The number of carbonyl (C=O) groups is 1. The van der Waals surface area contributed by atoms with E-state index in [4.69, 9.17) is 4.98 Å². The standard InChI is InChI=1S/C21H18FN7O2/c1-10(21(30)31)11(2)29-9-16(17-3-4-26-28-17)15-8-25-19(27-20(15)29)14-7-24-18-13(14)5-12(22)6-23-18/h3-11H,1-2H3,(H,23,24)(H,26,28)(H,30,31)/t10-,11-/m1/s1. The molecule has 10 heteroatoms. The van der Waals surface area contributed by atoms with Crippen LogP contribution in [0.4, 0.5) is 4.39 Å². The lowest BCUT2D eigenvalue weighted by Crippen LogP contribution is -2.21. The molecule has 0 aliphatic carbocycles. The molecule has 0 radical (unpaired) electrons. The minimum atomic E-state index is -0.898. The highest BCUT2D eigenvalue weighted by atomic mass is 19.1. The second-order valence-corrected chi connectivity index (χ2v) is 7.47. The van der Waals surface area contributed by atoms with Crippen molar-refractivity contribution in [1.82, 2.24) is 34.7 Å². The number of hydrogen-bond donors (Lipinski definition) is 3. The van der Waals surface area contributed by atoms with Crippen molar-refractivity contribution in [2.45, 2.75) is 19.9 Å². The van der Waals surface area contributed by atoms with Crippen LogP contribution in [0, 0.1) is 11.7 Å². The molecule has 0 aliphatic rings. The van der Waals surface area contributed by atoms with Crippen molar-refractivity contribution < 1.29 is 14.3 Å². The summed E-state index contributed by atoms with van der Waals surface area (Å²) in [5.41, 5.74) is 3.30. The van der Waals surface area contributed by atoms with Gasteiger partial charge in [0.2, 0.25) is 0 Å². The van der Waals surface area contributed by atoms with Crippen LogP contribution in [0.1, 0.15) is 19.9 Å². The molecule has 5 heterocycles. The molecule has 5 rings (SSSR count). The Labute approximate surface area is 175 Å². The number of aliphatic carboxylic acids is 1. The second-order valence-electron chi connectivity index (χ2n) is 7.47. The molecule has 0 saturated carbocycles. The summed E-state index contributed by atoms with van der Waals surface area (Å²) < 4.78 is 15.6. The van der Waals surface area contributed by atoms with Gasteiger partial charge in [-0.3, -0.25) is 9.89 Å². The molecule has 2 atom stereocenters. The van der Waals surface area contributed by atoms with Gasteiger partial charge in [-0.2, -0.15) is 5.10 Å². The summed E-state index contributed by atoms with van der Waals surface area (Å²) in [7, 11) is 0. The Morgan fingerprint density at radius 1 is 1.19 bits per heavy atom. The predicted molar refractivity (Wildman–Crippen MR) is 112 cm³/mol. The molecule has 0 aliphatic heterocycles. The van der Waals surface area contributed by atoms with E-state index in [9.17, 15) is 14.3 Å². The molecule has 5 aromatic heterocycles. The van der Waals surface area contributed by atoms with Gasteiger partial charge in [-0.05, 0) is 26.0 Å². The van der Waals surface area contributed by atoms with Crippen LogP contribution in [-0.4, -0.2) is 45.8 Å². The number of aromatic amines is 2. The molecule has 0 unspecified atom stereocenters. The number of carboxylic acids is 1. The number of H-pyrrole nitrogens is 2. The molecule has 5 aromatic rings. The fourth-order valence-corrected chi connectivity index (χ4v) is 3.70. The van der Waals surface area contributed by atoms with Crippen LogP contribution >= 0.6 is 0 Å². The first kappa shape index (κ1) is 18.9. The fourth-order valence-electron chi connectivity index (χ4n) is 3.70. The molecule has 0 aromatic carbocycles. The summed E-state index contributed by atoms with van der Waals surface area (Å²) in [4.78, 5) is 27.9. The summed E-state index contributed by atoms with van der Waals surface area (Å²) in [6, 6.07) is 2.83. The quantitative estimate of drug-likeness (QED) is 0.398. The van der Waals surface area contributed by atoms with E-state index in [2.05, 4.69) is 25.1 Å². The van der Waals surface area contributed by atoms with Crippen LogP contribution in [-0.2, 0) is 4.79 Å². The van der Waals surface area contributed by atoms with Crippen LogP contribution in [0.5, 0.6) is 0 Å². The molecule has 0 spiro atoms. The summed E-state index contributed by atoms with van der Waals surface area (Å²) in [6.07, 6.45) is 8.02. The van der Waals surface area contributed by atoms with Crippen LogP contribution in [0.2, 0.25) is 0 Å². The molecule has 0 bridgehead atoms. The predicted octanol–water partition coefficient (Wildman–Crippen LogP) is 3.79. The number of nitrogens with zero attached hydrogens (tertiary/aromatic N) is 5. The van der Waals surface area contributed by atoms with Crippen molar-refractivity contribution in [3.8, 4) is 22.6 Å². The lowest BCUT2D eigenvalue weighted by molar-refractivity contribution is -0.142. The average Bonchev–Trinajstić information content (AvgIpc) is 3.49. The largest absolute Gasteiger partial charge is 0.481 e. The van der Waals surface area contributed by atoms with Gasteiger partial charge in [-0.25, -0.2) is 19.3 Å². The SMILES string of the molecule is C[C@H]([C@@H](C)C(=O)O)n1cc(-c2ccn[nH]2)c2cnc(-c3c[nH]c4ncc(F)cc34)nc21. The van der Waals surface area contributed by atoms with E-state index in [1.807, 2.05) is 23.8 Å². The molecule has 0 amide bonds. The first-order valence-electron chi connectivity index (χ1n) is 9.67. The Bertz CT molecular complexity index is 1420. The number of hydrogen-bond acceptors (Lipinski definition) is 5. The number of fused-ring (bicyclic) bond motifs is 2. The fraction of sp³-hybridized carbons (Fsp3) is 0.190. The monoisotopic (exact) mass is 419 g/mol. The number of pyridine rings is 1. The first-order chi connectivity index (χ1) is 14.9. The zero-order chi connectivity index (χ0) is 21.7. The third kappa shape index (κ3) is 3.03. The lowest BCUT2D eigenvalue weighted by Gasteiger charge is -2.18. The van der Waals surface area contributed by atoms with Gasteiger partial charge in [0.1, 0.15) is 17.1 Å². The van der Waals surface area contributed by atoms with Crippen molar-refractivity contribution in [1.29, 1.82) is 0 Å². The summed E-state index contributed by atoms with van der Waals surface area (Å²) in [6.45, 7) is 3.49. The van der Waals surface area contributed by atoms with Crippen LogP contribution in [0.3, 0.4) is 0 Å². The van der Waals surface area contributed by atoms with E-state index >= 15 is 0 Å².